The molecule has 6 nitrogen and oxygen atoms in total. The first-order chi connectivity index (χ1) is 12.1. The fourth-order valence-corrected chi connectivity index (χ4v) is 3.17. The number of aromatic amines is 1. The standard InChI is InChI=1S/C19H13N3O3/c20-9-13-15(10-5-7-11(23)8-6-10)16-17(25-18(13)21)12-3-1-2-4-14(12)22-19(16)24/h1-8,15,23H,21H2,(H,22,24)/t15-/m1/s1. The quantitative estimate of drug-likeness (QED) is 0.634. The number of aromatic nitrogens is 1. The van der Waals surface area contributed by atoms with Gasteiger partial charge in [-0.05, 0) is 29.8 Å². The first kappa shape index (κ1) is 14.8. The van der Waals surface area contributed by atoms with Crippen LogP contribution in [0.5, 0.6) is 11.5 Å². The van der Waals surface area contributed by atoms with Crippen molar-refractivity contribution >= 4 is 10.9 Å². The summed E-state index contributed by atoms with van der Waals surface area (Å²) >= 11 is 0. The van der Waals surface area contributed by atoms with Crippen molar-refractivity contribution in [1.82, 2.24) is 4.98 Å². The number of nitrogens with zero attached hydrogens (tertiary/aromatic N) is 1. The molecule has 3 aromatic rings. The summed E-state index contributed by atoms with van der Waals surface area (Å²) in [5, 5.41) is 19.8. The van der Waals surface area contributed by atoms with Gasteiger partial charge in [-0.2, -0.15) is 5.26 Å². The fourth-order valence-electron chi connectivity index (χ4n) is 3.17. The Morgan fingerprint density at radius 3 is 2.60 bits per heavy atom. The number of phenols is 1. The summed E-state index contributed by atoms with van der Waals surface area (Å²) in [5.41, 5.74) is 7.43. The second-order valence-electron chi connectivity index (χ2n) is 5.76. The third kappa shape index (κ3) is 2.22. The summed E-state index contributed by atoms with van der Waals surface area (Å²) < 4.78 is 5.67. The second-order valence-corrected chi connectivity index (χ2v) is 5.76. The van der Waals surface area contributed by atoms with Crippen LogP contribution in [0.3, 0.4) is 0 Å². The molecule has 0 amide bonds. The molecule has 0 fully saturated rings. The number of phenolic OH excluding ortho intramolecular Hbond substituents is 1. The molecular weight excluding hydrogens is 318 g/mol. The van der Waals surface area contributed by atoms with Crippen LogP contribution in [-0.2, 0) is 0 Å². The van der Waals surface area contributed by atoms with Gasteiger partial charge >= 0.3 is 0 Å². The summed E-state index contributed by atoms with van der Waals surface area (Å²) in [4.78, 5) is 15.6. The van der Waals surface area contributed by atoms with Crippen molar-refractivity contribution in [2.24, 2.45) is 5.73 Å². The normalized spacial score (nSPS) is 16.2. The highest BCUT2D eigenvalue weighted by atomic mass is 16.5. The summed E-state index contributed by atoms with van der Waals surface area (Å²) in [6, 6.07) is 15.6. The van der Waals surface area contributed by atoms with Gasteiger partial charge in [0.05, 0.1) is 17.0 Å². The highest BCUT2D eigenvalue weighted by Gasteiger charge is 2.34. The molecule has 1 atom stereocenters. The number of para-hydroxylation sites is 1. The Hall–Kier alpha value is -3.72. The van der Waals surface area contributed by atoms with E-state index in [1.165, 1.54) is 12.1 Å². The summed E-state index contributed by atoms with van der Waals surface area (Å²) in [6.45, 7) is 0. The van der Waals surface area contributed by atoms with Gasteiger partial charge in [-0.25, -0.2) is 0 Å². The number of hydrogen-bond donors (Lipinski definition) is 3. The second kappa shape index (κ2) is 5.42. The zero-order valence-corrected chi connectivity index (χ0v) is 13.0. The Kier molecular flexibility index (Phi) is 3.22. The maximum atomic E-state index is 12.7. The molecular formula is C19H13N3O3. The molecule has 122 valence electrons. The van der Waals surface area contributed by atoms with Gasteiger partial charge in [-0.1, -0.05) is 24.3 Å². The van der Waals surface area contributed by atoms with Crippen molar-refractivity contribution < 1.29 is 9.84 Å². The van der Waals surface area contributed by atoms with E-state index < -0.39 is 5.92 Å². The van der Waals surface area contributed by atoms with E-state index in [1.807, 2.05) is 24.3 Å². The van der Waals surface area contributed by atoms with Crippen LogP contribution in [0.1, 0.15) is 17.0 Å². The first-order valence-corrected chi connectivity index (χ1v) is 7.61. The van der Waals surface area contributed by atoms with E-state index in [1.54, 1.807) is 18.2 Å². The van der Waals surface area contributed by atoms with Gasteiger partial charge in [0, 0.05) is 5.39 Å². The Morgan fingerprint density at radius 1 is 1.16 bits per heavy atom. The van der Waals surface area contributed by atoms with Crippen molar-refractivity contribution in [3.8, 4) is 17.6 Å². The number of aromatic hydroxyl groups is 1. The van der Waals surface area contributed by atoms with Crippen LogP contribution in [0, 0.1) is 11.3 Å². The maximum Gasteiger partial charge on any atom is 0.256 e. The van der Waals surface area contributed by atoms with E-state index >= 15 is 0 Å². The molecule has 0 bridgehead atoms. The van der Waals surface area contributed by atoms with Crippen molar-refractivity contribution in [2.45, 2.75) is 5.92 Å². The average Bonchev–Trinajstić information content (AvgIpc) is 2.61. The molecule has 1 aliphatic rings. The maximum absolute atomic E-state index is 12.7. The number of H-pyrrole nitrogens is 1. The highest BCUT2D eigenvalue weighted by molar-refractivity contribution is 5.87. The number of allylic oxidation sites excluding steroid dienone is 1. The minimum atomic E-state index is -0.664. The van der Waals surface area contributed by atoms with Gasteiger partial charge in [0.15, 0.2) is 0 Å². The van der Waals surface area contributed by atoms with Crippen LogP contribution >= 0.6 is 0 Å². The first-order valence-electron chi connectivity index (χ1n) is 7.61. The summed E-state index contributed by atoms with van der Waals surface area (Å²) in [6.07, 6.45) is 0. The third-order valence-corrected chi connectivity index (χ3v) is 4.31. The van der Waals surface area contributed by atoms with Crippen molar-refractivity contribution in [3.63, 3.8) is 0 Å². The number of rotatable bonds is 1. The van der Waals surface area contributed by atoms with Gasteiger partial charge in [0.1, 0.15) is 23.1 Å². The molecule has 1 aliphatic heterocycles. The zero-order valence-electron chi connectivity index (χ0n) is 13.0. The smallest absolute Gasteiger partial charge is 0.256 e. The van der Waals surface area contributed by atoms with Crippen molar-refractivity contribution in [1.29, 1.82) is 5.26 Å². The molecule has 0 saturated carbocycles. The number of nitrogens with two attached hydrogens (primary N) is 1. The van der Waals surface area contributed by atoms with E-state index in [-0.39, 0.29) is 22.8 Å². The van der Waals surface area contributed by atoms with Gasteiger partial charge in [0.2, 0.25) is 5.88 Å². The lowest BCUT2D eigenvalue weighted by molar-refractivity contribution is 0.397. The molecule has 0 spiro atoms. The van der Waals surface area contributed by atoms with Crippen LogP contribution in [0.2, 0.25) is 0 Å². The molecule has 6 heteroatoms. The van der Waals surface area contributed by atoms with Crippen LogP contribution < -0.4 is 16.0 Å². The number of ether oxygens (including phenoxy) is 1. The number of hydrogen-bond acceptors (Lipinski definition) is 5. The number of nitrogens with one attached hydrogen (secondary N) is 1. The Labute approximate surface area is 142 Å². The molecule has 2 heterocycles. The minimum absolute atomic E-state index is 0.0242. The Morgan fingerprint density at radius 2 is 1.88 bits per heavy atom. The molecule has 25 heavy (non-hydrogen) atoms. The van der Waals surface area contributed by atoms with Crippen LogP contribution in [-0.4, -0.2) is 10.1 Å². The minimum Gasteiger partial charge on any atom is -0.508 e. The zero-order chi connectivity index (χ0) is 17.6. The lowest BCUT2D eigenvalue weighted by atomic mass is 9.83. The predicted octanol–water partition coefficient (Wildman–Crippen LogP) is 2.45. The summed E-state index contributed by atoms with van der Waals surface area (Å²) in [7, 11) is 0. The van der Waals surface area contributed by atoms with E-state index in [9.17, 15) is 15.2 Å². The molecule has 4 rings (SSSR count). The molecule has 0 radical (unpaired) electrons. The van der Waals surface area contributed by atoms with Crippen molar-refractivity contribution in [3.05, 3.63) is 81.5 Å². The van der Waals surface area contributed by atoms with Crippen LogP contribution in [0.25, 0.3) is 10.9 Å². The van der Waals surface area contributed by atoms with E-state index in [2.05, 4.69) is 4.98 Å². The number of pyridine rings is 1. The van der Waals surface area contributed by atoms with Gasteiger partial charge in [-0.15, -0.1) is 0 Å². The van der Waals surface area contributed by atoms with Crippen LogP contribution in [0.15, 0.2) is 64.8 Å². The predicted molar refractivity (Wildman–Crippen MR) is 92.0 cm³/mol. The van der Waals surface area contributed by atoms with E-state index in [0.717, 1.165) is 0 Å². The molecule has 0 saturated heterocycles. The van der Waals surface area contributed by atoms with Gasteiger partial charge < -0.3 is 20.6 Å². The third-order valence-electron chi connectivity index (χ3n) is 4.31. The molecule has 0 aliphatic carbocycles. The fraction of sp³-hybridized carbons (Fsp3) is 0.0526. The van der Waals surface area contributed by atoms with Crippen molar-refractivity contribution in [2.75, 3.05) is 0 Å². The monoisotopic (exact) mass is 331 g/mol. The number of nitriles is 1. The number of benzene rings is 2. The van der Waals surface area contributed by atoms with Gasteiger partial charge in [-0.3, -0.25) is 4.79 Å². The lowest BCUT2D eigenvalue weighted by Gasteiger charge is -2.26. The molecule has 1 aromatic heterocycles. The average molecular weight is 331 g/mol. The van der Waals surface area contributed by atoms with Crippen LogP contribution in [0.4, 0.5) is 0 Å². The summed E-state index contributed by atoms with van der Waals surface area (Å²) in [5.74, 6) is -0.237. The molecule has 4 N–H and O–H groups in total. The van der Waals surface area contributed by atoms with Gasteiger partial charge in [0.25, 0.3) is 5.56 Å². The van der Waals surface area contributed by atoms with E-state index in [4.69, 9.17) is 10.5 Å². The van der Waals surface area contributed by atoms with E-state index in [0.29, 0.717) is 27.8 Å². The Balaban J connectivity index is 2.08. The Bertz CT molecular complexity index is 1120. The topological polar surface area (TPSA) is 112 Å². The molecule has 2 aromatic carbocycles. The SMILES string of the molecule is N#CC1=C(N)Oc2c(c(=O)[nH]c3ccccc23)[C@@H]1c1ccc(O)cc1. The largest absolute Gasteiger partial charge is 0.508 e. The lowest BCUT2D eigenvalue weighted by Crippen LogP contribution is -2.27. The molecule has 0 unspecified atom stereocenters. The highest BCUT2D eigenvalue weighted by Crippen LogP contribution is 2.42. The number of fused-ring (bicyclic) bond motifs is 3.